The second-order valence-corrected chi connectivity index (χ2v) is 5.87. The van der Waals surface area contributed by atoms with E-state index in [-0.39, 0.29) is 11.2 Å². The number of nitrogens with zero attached hydrogens (tertiary/aromatic N) is 6. The molecule has 9 heteroatoms. The Morgan fingerprint density at radius 3 is 2.62 bits per heavy atom. The van der Waals surface area contributed by atoms with Gasteiger partial charge in [-0.05, 0) is 4.92 Å². The van der Waals surface area contributed by atoms with Crippen LogP contribution in [0.15, 0.2) is 6.20 Å². The van der Waals surface area contributed by atoms with Crippen LogP contribution in [-0.2, 0) is 18.5 Å². The van der Waals surface area contributed by atoms with Crippen molar-refractivity contribution in [2.24, 2.45) is 0 Å². The second kappa shape index (κ2) is 5.15. The first-order chi connectivity index (χ1) is 9.71. The highest BCUT2D eigenvalue weighted by atomic mass is 16.6. The van der Waals surface area contributed by atoms with Crippen molar-refractivity contribution in [3.8, 4) is 0 Å². The summed E-state index contributed by atoms with van der Waals surface area (Å²) in [5, 5.41) is 18.9. The molecule has 0 amide bonds. The molecule has 2 aromatic rings. The first-order valence-corrected chi connectivity index (χ1v) is 6.57. The SMILES string of the molecule is Cc1ncc([N+](=O)[O-])n1CCn1nnc(N)c1C(C)(C)C. The van der Waals surface area contributed by atoms with E-state index < -0.39 is 4.92 Å². The summed E-state index contributed by atoms with van der Waals surface area (Å²) < 4.78 is 3.24. The monoisotopic (exact) mass is 293 g/mol. The number of imidazole rings is 1. The molecule has 0 unspecified atom stereocenters. The lowest BCUT2D eigenvalue weighted by molar-refractivity contribution is -0.392. The number of nitrogen functional groups attached to an aromatic ring is 1. The molecular formula is C12H19N7O2. The van der Waals surface area contributed by atoms with E-state index in [9.17, 15) is 10.1 Å². The van der Waals surface area contributed by atoms with Crippen molar-refractivity contribution in [2.75, 3.05) is 5.73 Å². The van der Waals surface area contributed by atoms with Crippen LogP contribution in [0.1, 0.15) is 32.3 Å². The van der Waals surface area contributed by atoms with Crippen LogP contribution in [0.3, 0.4) is 0 Å². The first-order valence-electron chi connectivity index (χ1n) is 6.57. The summed E-state index contributed by atoms with van der Waals surface area (Å²) in [6, 6.07) is 0. The van der Waals surface area contributed by atoms with Crippen molar-refractivity contribution < 1.29 is 4.92 Å². The molecule has 0 fully saturated rings. The normalized spacial score (nSPS) is 11.8. The van der Waals surface area contributed by atoms with Crippen molar-refractivity contribution in [3.05, 3.63) is 27.8 Å². The van der Waals surface area contributed by atoms with Gasteiger partial charge in [0.25, 0.3) is 0 Å². The van der Waals surface area contributed by atoms with E-state index >= 15 is 0 Å². The van der Waals surface area contributed by atoms with Gasteiger partial charge in [-0.3, -0.25) is 0 Å². The second-order valence-electron chi connectivity index (χ2n) is 5.87. The molecule has 0 saturated carbocycles. The number of rotatable bonds is 4. The molecule has 0 aliphatic rings. The molecule has 2 heterocycles. The Kier molecular flexibility index (Phi) is 3.67. The summed E-state index contributed by atoms with van der Waals surface area (Å²) in [5.41, 5.74) is 6.48. The number of aromatic nitrogens is 5. The zero-order valence-corrected chi connectivity index (χ0v) is 12.6. The molecule has 21 heavy (non-hydrogen) atoms. The predicted octanol–water partition coefficient (Wildman–Crippen LogP) is 1.27. The van der Waals surface area contributed by atoms with E-state index in [1.807, 2.05) is 20.8 Å². The third-order valence-corrected chi connectivity index (χ3v) is 3.23. The summed E-state index contributed by atoms with van der Waals surface area (Å²) in [7, 11) is 0. The molecule has 2 rings (SSSR count). The number of aryl methyl sites for hydroxylation is 2. The third kappa shape index (κ3) is 2.86. The Morgan fingerprint density at radius 1 is 1.38 bits per heavy atom. The predicted molar refractivity (Wildman–Crippen MR) is 76.8 cm³/mol. The fourth-order valence-corrected chi connectivity index (χ4v) is 2.33. The van der Waals surface area contributed by atoms with Crippen molar-refractivity contribution >= 4 is 11.6 Å². The smallest absolute Gasteiger partial charge is 0.342 e. The molecule has 0 bridgehead atoms. The average Bonchev–Trinajstić information content (AvgIpc) is 2.89. The molecule has 0 aliphatic carbocycles. The van der Waals surface area contributed by atoms with Crippen molar-refractivity contribution in [1.82, 2.24) is 24.5 Å². The standard InChI is InChI=1S/C12H19N7O2/c1-8-14-7-9(19(20)21)17(8)5-6-18-10(12(2,3)4)11(13)15-16-18/h7H,5-6,13H2,1-4H3. The van der Waals surface area contributed by atoms with Gasteiger partial charge in [-0.2, -0.15) is 0 Å². The zero-order chi connectivity index (χ0) is 15.8. The van der Waals surface area contributed by atoms with Gasteiger partial charge < -0.3 is 15.8 Å². The summed E-state index contributed by atoms with van der Waals surface area (Å²) in [5.74, 6) is 0.948. The Hall–Kier alpha value is -2.45. The van der Waals surface area contributed by atoms with Crippen molar-refractivity contribution in [3.63, 3.8) is 0 Å². The summed E-state index contributed by atoms with van der Waals surface area (Å²) in [6.45, 7) is 8.60. The molecule has 0 atom stereocenters. The maximum atomic E-state index is 11.0. The lowest BCUT2D eigenvalue weighted by Gasteiger charge is -2.19. The van der Waals surface area contributed by atoms with Gasteiger partial charge in [0.2, 0.25) is 0 Å². The van der Waals surface area contributed by atoms with E-state index in [1.165, 1.54) is 6.20 Å². The topological polar surface area (TPSA) is 118 Å². The van der Waals surface area contributed by atoms with Gasteiger partial charge in [0.05, 0.1) is 12.2 Å². The molecule has 114 valence electrons. The Labute approximate surface area is 121 Å². The van der Waals surface area contributed by atoms with Crippen LogP contribution in [0.2, 0.25) is 0 Å². The van der Waals surface area contributed by atoms with Crippen LogP contribution in [0.5, 0.6) is 0 Å². The molecule has 9 nitrogen and oxygen atoms in total. The summed E-state index contributed by atoms with van der Waals surface area (Å²) >= 11 is 0. The highest BCUT2D eigenvalue weighted by Gasteiger charge is 2.25. The van der Waals surface area contributed by atoms with Gasteiger partial charge in [0.1, 0.15) is 12.7 Å². The molecule has 0 radical (unpaired) electrons. The Morgan fingerprint density at radius 2 is 2.05 bits per heavy atom. The minimum atomic E-state index is -0.444. The average molecular weight is 293 g/mol. The lowest BCUT2D eigenvalue weighted by atomic mass is 9.92. The highest BCUT2D eigenvalue weighted by molar-refractivity contribution is 5.37. The Bertz CT molecular complexity index is 666. The van der Waals surface area contributed by atoms with Crippen LogP contribution in [0.25, 0.3) is 0 Å². The minimum absolute atomic E-state index is 0.0297. The van der Waals surface area contributed by atoms with Crippen molar-refractivity contribution in [1.29, 1.82) is 0 Å². The van der Waals surface area contributed by atoms with E-state index in [1.54, 1.807) is 16.2 Å². The molecule has 0 saturated heterocycles. The number of anilines is 1. The largest absolute Gasteiger partial charge is 0.381 e. The number of hydrogen-bond donors (Lipinski definition) is 1. The summed E-state index contributed by atoms with van der Waals surface area (Å²) in [4.78, 5) is 14.5. The number of hydrogen-bond acceptors (Lipinski definition) is 6. The van der Waals surface area contributed by atoms with Crippen LogP contribution >= 0.6 is 0 Å². The van der Waals surface area contributed by atoms with E-state index in [0.717, 1.165) is 5.69 Å². The third-order valence-electron chi connectivity index (χ3n) is 3.23. The summed E-state index contributed by atoms with van der Waals surface area (Å²) in [6.07, 6.45) is 1.26. The van der Waals surface area contributed by atoms with Gasteiger partial charge in [-0.1, -0.05) is 26.0 Å². The van der Waals surface area contributed by atoms with E-state index in [2.05, 4.69) is 15.3 Å². The van der Waals surface area contributed by atoms with Gasteiger partial charge in [-0.25, -0.2) is 14.2 Å². The number of nitrogens with two attached hydrogens (primary N) is 1. The quantitative estimate of drug-likeness (QED) is 0.670. The maximum Gasteiger partial charge on any atom is 0.342 e. The Balaban J connectivity index is 2.26. The highest BCUT2D eigenvalue weighted by Crippen LogP contribution is 2.26. The van der Waals surface area contributed by atoms with E-state index in [4.69, 9.17) is 5.73 Å². The molecule has 0 spiro atoms. The molecule has 0 aliphatic heterocycles. The fraction of sp³-hybridized carbons (Fsp3) is 0.583. The minimum Gasteiger partial charge on any atom is -0.381 e. The molecule has 2 aromatic heterocycles. The molecule has 0 aromatic carbocycles. The van der Waals surface area contributed by atoms with Gasteiger partial charge in [-0.15, -0.1) is 5.10 Å². The van der Waals surface area contributed by atoms with Crippen LogP contribution in [0.4, 0.5) is 11.6 Å². The van der Waals surface area contributed by atoms with Gasteiger partial charge in [0, 0.05) is 12.3 Å². The van der Waals surface area contributed by atoms with Crippen LogP contribution in [0, 0.1) is 17.0 Å². The molecule has 2 N–H and O–H groups in total. The maximum absolute atomic E-state index is 11.0. The fourth-order valence-electron chi connectivity index (χ4n) is 2.33. The number of nitro groups is 1. The van der Waals surface area contributed by atoms with Crippen LogP contribution in [-0.4, -0.2) is 29.5 Å². The van der Waals surface area contributed by atoms with Gasteiger partial charge >= 0.3 is 5.82 Å². The van der Waals surface area contributed by atoms with Crippen LogP contribution < -0.4 is 5.73 Å². The lowest BCUT2D eigenvalue weighted by Crippen LogP contribution is -2.22. The first kappa shape index (κ1) is 14.9. The zero-order valence-electron chi connectivity index (χ0n) is 12.6. The van der Waals surface area contributed by atoms with E-state index in [0.29, 0.717) is 24.7 Å². The van der Waals surface area contributed by atoms with Crippen molar-refractivity contribution in [2.45, 2.75) is 46.2 Å². The van der Waals surface area contributed by atoms with Gasteiger partial charge in [0.15, 0.2) is 11.6 Å². The molecular weight excluding hydrogens is 274 g/mol.